The molecule has 0 aliphatic heterocycles. The fourth-order valence-electron chi connectivity index (χ4n) is 1.88. The van der Waals surface area contributed by atoms with Gasteiger partial charge in [-0.2, -0.15) is 0 Å². The number of carbonyl (C=O) groups excluding carboxylic acids is 1. The van der Waals surface area contributed by atoms with Crippen molar-refractivity contribution in [1.82, 2.24) is 15.1 Å². The third kappa shape index (κ3) is 4.36. The molecular weight excluding hydrogens is 358 g/mol. The Morgan fingerprint density at radius 3 is 2.90 bits per heavy atom. The maximum atomic E-state index is 11.4. The number of halogens is 1. The lowest BCUT2D eigenvalue weighted by atomic mass is 10.2. The molecule has 2 aromatic heterocycles. The summed E-state index contributed by atoms with van der Waals surface area (Å²) in [7, 11) is 3.29. The molecule has 21 heavy (non-hydrogen) atoms. The first-order valence-electron chi connectivity index (χ1n) is 6.34. The lowest BCUT2D eigenvalue weighted by molar-refractivity contribution is -0.145. The Morgan fingerprint density at radius 2 is 2.29 bits per heavy atom. The Morgan fingerprint density at radius 1 is 1.52 bits per heavy atom. The number of nitrogens with zero attached hydrogens (tertiary/aromatic N) is 3. The molecule has 0 saturated heterocycles. The van der Waals surface area contributed by atoms with E-state index < -0.39 is 0 Å². The molecule has 0 saturated carbocycles. The minimum atomic E-state index is -0.225. The molecule has 2 aromatic rings. The second-order valence-electron chi connectivity index (χ2n) is 4.73. The highest BCUT2D eigenvalue weighted by Crippen LogP contribution is 2.30. The molecule has 0 aromatic carbocycles. The Balaban J connectivity index is 1.94. The maximum Gasteiger partial charge on any atom is 0.309 e. The number of rotatable bonds is 6. The summed E-state index contributed by atoms with van der Waals surface area (Å²) in [4.78, 5) is 14.3. The summed E-state index contributed by atoms with van der Waals surface area (Å²) < 4.78 is 11.4. The molecule has 0 amide bonds. The molecular formula is C13H16BrN3O3S. The van der Waals surface area contributed by atoms with Crippen LogP contribution in [-0.4, -0.2) is 41.8 Å². The van der Waals surface area contributed by atoms with Gasteiger partial charge in [0.2, 0.25) is 5.89 Å². The highest BCUT2D eigenvalue weighted by Gasteiger charge is 2.17. The van der Waals surface area contributed by atoms with Crippen molar-refractivity contribution in [2.75, 3.05) is 20.7 Å². The molecule has 0 aliphatic rings. The summed E-state index contributed by atoms with van der Waals surface area (Å²) in [5.74, 6) is 0.608. The second-order valence-corrected chi connectivity index (χ2v) is 7.19. The van der Waals surface area contributed by atoms with Crippen LogP contribution in [0.5, 0.6) is 0 Å². The first-order chi connectivity index (χ1) is 9.99. The average Bonchev–Trinajstić information content (AvgIpc) is 3.06. The van der Waals surface area contributed by atoms with Crippen molar-refractivity contribution in [3.05, 3.63) is 21.8 Å². The van der Waals surface area contributed by atoms with Crippen molar-refractivity contribution in [3.8, 4) is 10.8 Å². The Hall–Kier alpha value is -1.25. The monoisotopic (exact) mass is 373 g/mol. The van der Waals surface area contributed by atoms with E-state index in [9.17, 15) is 4.79 Å². The fourth-order valence-corrected chi connectivity index (χ4v) is 3.19. The third-order valence-corrected chi connectivity index (χ3v) is 4.46. The number of hydrogen-bond acceptors (Lipinski definition) is 7. The summed E-state index contributed by atoms with van der Waals surface area (Å²) in [6, 6.07) is 3.86. The number of aromatic nitrogens is 2. The van der Waals surface area contributed by atoms with Gasteiger partial charge in [-0.1, -0.05) is 6.92 Å². The van der Waals surface area contributed by atoms with E-state index in [1.165, 1.54) is 18.4 Å². The Bertz CT molecular complexity index is 613. The van der Waals surface area contributed by atoms with Gasteiger partial charge in [0.25, 0.3) is 5.89 Å². The molecule has 0 radical (unpaired) electrons. The SMILES string of the molecule is COC(=O)C(C)CN(C)Cc1nnc(-c2ccc(Br)s2)o1. The molecule has 114 valence electrons. The largest absolute Gasteiger partial charge is 0.469 e. The average molecular weight is 374 g/mol. The highest BCUT2D eigenvalue weighted by atomic mass is 79.9. The van der Waals surface area contributed by atoms with E-state index in [-0.39, 0.29) is 11.9 Å². The van der Waals surface area contributed by atoms with Gasteiger partial charge in [0, 0.05) is 6.54 Å². The summed E-state index contributed by atoms with van der Waals surface area (Å²) in [6.07, 6.45) is 0. The molecule has 6 nitrogen and oxygen atoms in total. The Kier molecular flexibility index (Phi) is 5.49. The molecule has 0 aliphatic carbocycles. The molecule has 0 N–H and O–H groups in total. The molecule has 0 bridgehead atoms. The molecule has 2 rings (SSSR count). The third-order valence-electron chi connectivity index (χ3n) is 2.85. The van der Waals surface area contributed by atoms with Crippen molar-refractivity contribution in [3.63, 3.8) is 0 Å². The number of thiophene rings is 1. The van der Waals surface area contributed by atoms with E-state index in [2.05, 4.69) is 26.1 Å². The summed E-state index contributed by atoms with van der Waals surface area (Å²) in [5, 5.41) is 8.07. The number of carbonyl (C=O) groups is 1. The van der Waals surface area contributed by atoms with Crippen LogP contribution in [0.1, 0.15) is 12.8 Å². The van der Waals surface area contributed by atoms with Gasteiger partial charge in [0.15, 0.2) is 0 Å². The minimum absolute atomic E-state index is 0.198. The van der Waals surface area contributed by atoms with Crippen LogP contribution in [0.3, 0.4) is 0 Å². The quantitative estimate of drug-likeness (QED) is 0.725. The van der Waals surface area contributed by atoms with Crippen LogP contribution < -0.4 is 0 Å². The second kappa shape index (κ2) is 7.15. The van der Waals surface area contributed by atoms with Gasteiger partial charge in [-0.05, 0) is 35.1 Å². The first-order valence-corrected chi connectivity index (χ1v) is 7.95. The number of ether oxygens (including phenoxy) is 1. The van der Waals surface area contributed by atoms with Gasteiger partial charge in [-0.15, -0.1) is 21.5 Å². The molecule has 1 atom stereocenters. The van der Waals surface area contributed by atoms with E-state index in [0.717, 1.165) is 8.66 Å². The van der Waals surface area contributed by atoms with Crippen LogP contribution >= 0.6 is 27.3 Å². The van der Waals surface area contributed by atoms with Gasteiger partial charge < -0.3 is 9.15 Å². The van der Waals surface area contributed by atoms with Gasteiger partial charge in [0.1, 0.15) is 0 Å². The van der Waals surface area contributed by atoms with Crippen LogP contribution in [0.15, 0.2) is 20.3 Å². The standard InChI is InChI=1S/C13H16BrN3O3S/c1-8(13(18)19-3)6-17(2)7-11-15-16-12(20-11)9-4-5-10(14)21-9/h4-5,8H,6-7H2,1-3H3. The zero-order valence-corrected chi connectivity index (χ0v) is 14.4. The van der Waals surface area contributed by atoms with E-state index in [1.807, 2.05) is 31.0 Å². The topological polar surface area (TPSA) is 68.5 Å². The van der Waals surface area contributed by atoms with E-state index >= 15 is 0 Å². The maximum absolute atomic E-state index is 11.4. The lowest BCUT2D eigenvalue weighted by Gasteiger charge is -2.17. The van der Waals surface area contributed by atoms with Crippen molar-refractivity contribution in [1.29, 1.82) is 0 Å². The van der Waals surface area contributed by atoms with E-state index in [0.29, 0.717) is 24.9 Å². The summed E-state index contributed by atoms with van der Waals surface area (Å²) >= 11 is 4.94. The smallest absolute Gasteiger partial charge is 0.309 e. The molecule has 2 heterocycles. The number of methoxy groups -OCH3 is 1. The lowest BCUT2D eigenvalue weighted by Crippen LogP contribution is -2.29. The van der Waals surface area contributed by atoms with E-state index in [4.69, 9.17) is 9.15 Å². The van der Waals surface area contributed by atoms with Gasteiger partial charge in [0.05, 0.1) is 28.2 Å². The first kappa shape index (κ1) is 16.1. The van der Waals surface area contributed by atoms with Crippen molar-refractivity contribution in [2.24, 2.45) is 5.92 Å². The van der Waals surface area contributed by atoms with Crippen LogP contribution in [0.25, 0.3) is 10.8 Å². The fraction of sp³-hybridized carbons (Fsp3) is 0.462. The molecule has 0 fully saturated rings. The Labute approximate surface area is 135 Å². The van der Waals surface area contributed by atoms with Gasteiger partial charge in [-0.3, -0.25) is 9.69 Å². The highest BCUT2D eigenvalue weighted by molar-refractivity contribution is 9.11. The molecule has 0 spiro atoms. The van der Waals surface area contributed by atoms with Crippen molar-refractivity contribution >= 4 is 33.2 Å². The van der Waals surface area contributed by atoms with Crippen LogP contribution in [0.2, 0.25) is 0 Å². The molecule has 1 unspecified atom stereocenters. The van der Waals surface area contributed by atoms with Gasteiger partial charge >= 0.3 is 5.97 Å². The zero-order chi connectivity index (χ0) is 15.4. The van der Waals surface area contributed by atoms with Crippen LogP contribution in [0, 0.1) is 5.92 Å². The van der Waals surface area contributed by atoms with Crippen molar-refractivity contribution < 1.29 is 13.9 Å². The van der Waals surface area contributed by atoms with Crippen LogP contribution in [-0.2, 0) is 16.1 Å². The van der Waals surface area contributed by atoms with Crippen LogP contribution in [0.4, 0.5) is 0 Å². The normalized spacial score (nSPS) is 12.6. The molecule has 8 heteroatoms. The number of esters is 1. The minimum Gasteiger partial charge on any atom is -0.469 e. The van der Waals surface area contributed by atoms with Crippen molar-refractivity contribution in [2.45, 2.75) is 13.5 Å². The summed E-state index contributed by atoms with van der Waals surface area (Å²) in [6.45, 7) is 2.88. The summed E-state index contributed by atoms with van der Waals surface area (Å²) in [5.41, 5.74) is 0. The van der Waals surface area contributed by atoms with Gasteiger partial charge in [-0.25, -0.2) is 0 Å². The predicted octanol–water partition coefficient (Wildman–Crippen LogP) is 2.80. The van der Waals surface area contributed by atoms with E-state index in [1.54, 1.807) is 0 Å². The number of hydrogen-bond donors (Lipinski definition) is 0. The predicted molar refractivity (Wildman–Crippen MR) is 82.8 cm³/mol. The zero-order valence-electron chi connectivity index (χ0n) is 12.0.